The quantitative estimate of drug-likeness (QED) is 0.800. The van der Waals surface area contributed by atoms with Crippen LogP contribution in [-0.2, 0) is 4.79 Å². The smallest absolute Gasteiger partial charge is 0.326 e. The summed E-state index contributed by atoms with van der Waals surface area (Å²) in [5.41, 5.74) is 2.08. The average molecular weight is 406 g/mol. The molecule has 0 aliphatic carbocycles. The van der Waals surface area contributed by atoms with E-state index in [-0.39, 0.29) is 12.5 Å². The Balaban J connectivity index is 1.71. The van der Waals surface area contributed by atoms with E-state index in [4.69, 9.17) is 23.2 Å². The zero-order chi connectivity index (χ0) is 19.1. The van der Waals surface area contributed by atoms with E-state index >= 15 is 0 Å². The highest BCUT2D eigenvalue weighted by Crippen LogP contribution is 2.44. The van der Waals surface area contributed by atoms with Gasteiger partial charge in [-0.3, -0.25) is 4.90 Å². The number of hydrogen-bond acceptors (Lipinski definition) is 3. The molecule has 2 aliphatic heterocycles. The van der Waals surface area contributed by atoms with Gasteiger partial charge >= 0.3 is 12.0 Å². The van der Waals surface area contributed by atoms with Crippen LogP contribution in [0.5, 0.6) is 0 Å². The minimum absolute atomic E-state index is 0.158. The molecule has 0 spiro atoms. The molecule has 8 heteroatoms. The van der Waals surface area contributed by atoms with Gasteiger partial charge in [0, 0.05) is 46.5 Å². The van der Waals surface area contributed by atoms with Crippen molar-refractivity contribution in [3.05, 3.63) is 58.1 Å². The number of nitrogens with one attached hydrogen (secondary N) is 1. The van der Waals surface area contributed by atoms with E-state index in [1.807, 2.05) is 30.3 Å². The van der Waals surface area contributed by atoms with Crippen molar-refractivity contribution in [3.63, 3.8) is 0 Å². The SMILES string of the molecule is O=C(O)[C@H]1C[C@H](N2CCN(c3ccccc3)C2=O)c2c(Cl)cc(Cl)cc2N1. The summed E-state index contributed by atoms with van der Waals surface area (Å²) >= 11 is 12.5. The molecule has 2 aromatic rings. The van der Waals surface area contributed by atoms with Crippen LogP contribution in [0.3, 0.4) is 0 Å². The van der Waals surface area contributed by atoms with Crippen molar-refractivity contribution in [2.75, 3.05) is 23.3 Å². The van der Waals surface area contributed by atoms with Gasteiger partial charge in [-0.1, -0.05) is 41.4 Å². The van der Waals surface area contributed by atoms with E-state index in [9.17, 15) is 14.7 Å². The number of carbonyl (C=O) groups excluding carboxylic acids is 1. The number of hydrogen-bond donors (Lipinski definition) is 2. The maximum Gasteiger partial charge on any atom is 0.326 e. The number of carboxylic acid groups (broad SMARTS) is 1. The second kappa shape index (κ2) is 6.94. The van der Waals surface area contributed by atoms with E-state index in [1.165, 1.54) is 0 Å². The lowest BCUT2D eigenvalue weighted by molar-refractivity contribution is -0.138. The van der Waals surface area contributed by atoms with Gasteiger partial charge < -0.3 is 15.3 Å². The Kier molecular flexibility index (Phi) is 4.61. The first-order valence-corrected chi connectivity index (χ1v) is 9.33. The molecular weight excluding hydrogens is 389 g/mol. The highest BCUT2D eigenvalue weighted by atomic mass is 35.5. The van der Waals surface area contributed by atoms with Crippen molar-refractivity contribution in [2.24, 2.45) is 0 Å². The lowest BCUT2D eigenvalue weighted by atomic mass is 9.91. The molecule has 0 bridgehead atoms. The number of benzene rings is 2. The van der Waals surface area contributed by atoms with Gasteiger partial charge in [0.05, 0.1) is 6.04 Å². The van der Waals surface area contributed by atoms with Crippen molar-refractivity contribution in [2.45, 2.75) is 18.5 Å². The van der Waals surface area contributed by atoms with Crippen LogP contribution in [0.1, 0.15) is 18.0 Å². The number of nitrogens with zero attached hydrogens (tertiary/aromatic N) is 2. The van der Waals surface area contributed by atoms with Gasteiger partial charge in [0.15, 0.2) is 0 Å². The number of para-hydroxylation sites is 1. The second-order valence-electron chi connectivity index (χ2n) is 6.60. The Morgan fingerprint density at radius 2 is 1.89 bits per heavy atom. The first-order valence-electron chi connectivity index (χ1n) is 8.57. The molecule has 0 radical (unpaired) electrons. The number of urea groups is 1. The molecule has 2 aliphatic rings. The van der Waals surface area contributed by atoms with Crippen molar-refractivity contribution < 1.29 is 14.7 Å². The van der Waals surface area contributed by atoms with Gasteiger partial charge in [0.25, 0.3) is 0 Å². The molecule has 0 unspecified atom stereocenters. The summed E-state index contributed by atoms with van der Waals surface area (Å²) in [4.78, 5) is 28.1. The number of fused-ring (bicyclic) bond motifs is 1. The van der Waals surface area contributed by atoms with Crippen LogP contribution >= 0.6 is 23.2 Å². The van der Waals surface area contributed by atoms with Crippen molar-refractivity contribution in [3.8, 4) is 0 Å². The third-order valence-corrected chi connectivity index (χ3v) is 5.53. The van der Waals surface area contributed by atoms with Crippen molar-refractivity contribution in [1.82, 2.24) is 4.90 Å². The highest BCUT2D eigenvalue weighted by molar-refractivity contribution is 6.35. The lowest BCUT2D eigenvalue weighted by Gasteiger charge is -2.37. The Labute approximate surface area is 166 Å². The molecule has 2 aromatic carbocycles. The Hall–Kier alpha value is -2.44. The molecule has 4 rings (SSSR count). The summed E-state index contributed by atoms with van der Waals surface area (Å²) in [6.45, 7) is 1.02. The Morgan fingerprint density at radius 3 is 2.59 bits per heavy atom. The van der Waals surface area contributed by atoms with Crippen LogP contribution < -0.4 is 10.2 Å². The number of halogens is 2. The lowest BCUT2D eigenvalue weighted by Crippen LogP contribution is -2.43. The fourth-order valence-electron chi connectivity index (χ4n) is 3.77. The van der Waals surface area contributed by atoms with Gasteiger partial charge in [-0.15, -0.1) is 0 Å². The molecule has 1 fully saturated rings. The van der Waals surface area contributed by atoms with Crippen LogP contribution in [0.15, 0.2) is 42.5 Å². The molecule has 2 amide bonds. The molecule has 6 nitrogen and oxygen atoms in total. The second-order valence-corrected chi connectivity index (χ2v) is 7.44. The monoisotopic (exact) mass is 405 g/mol. The molecule has 2 N–H and O–H groups in total. The number of rotatable bonds is 3. The molecule has 2 heterocycles. The fraction of sp³-hybridized carbons (Fsp3) is 0.263. The number of aliphatic carboxylic acids is 1. The first kappa shape index (κ1) is 17.9. The van der Waals surface area contributed by atoms with E-state index in [1.54, 1.807) is 21.9 Å². The van der Waals surface area contributed by atoms with Crippen LogP contribution in [-0.4, -0.2) is 41.1 Å². The van der Waals surface area contributed by atoms with Gasteiger partial charge in [0.1, 0.15) is 6.04 Å². The van der Waals surface area contributed by atoms with Crippen molar-refractivity contribution in [1.29, 1.82) is 0 Å². The molecule has 27 heavy (non-hydrogen) atoms. The molecule has 1 saturated heterocycles. The zero-order valence-electron chi connectivity index (χ0n) is 14.2. The standard InChI is InChI=1S/C19H17Cl2N3O3/c20-11-8-13(21)17-14(9-11)22-15(18(25)26)10-16(17)24-7-6-23(19(24)27)12-4-2-1-3-5-12/h1-5,8-9,15-16,22H,6-7,10H2,(H,25,26)/t15-,16+/m1/s1. The highest BCUT2D eigenvalue weighted by Gasteiger charge is 2.41. The summed E-state index contributed by atoms with van der Waals surface area (Å²) in [6.07, 6.45) is 0.234. The largest absolute Gasteiger partial charge is 0.480 e. The molecule has 0 saturated carbocycles. The molecule has 0 aromatic heterocycles. The molecular formula is C19H17Cl2N3O3. The molecule has 140 valence electrons. The summed E-state index contributed by atoms with van der Waals surface area (Å²) < 4.78 is 0. The van der Waals surface area contributed by atoms with Crippen LogP contribution in [0, 0.1) is 0 Å². The van der Waals surface area contributed by atoms with Crippen molar-refractivity contribution >= 4 is 46.6 Å². The zero-order valence-corrected chi connectivity index (χ0v) is 15.7. The van der Waals surface area contributed by atoms with Crippen LogP contribution in [0.4, 0.5) is 16.2 Å². The average Bonchev–Trinajstić information content (AvgIpc) is 3.02. The number of carboxylic acids is 1. The predicted molar refractivity (Wildman–Crippen MR) is 105 cm³/mol. The van der Waals surface area contributed by atoms with E-state index < -0.39 is 18.1 Å². The summed E-state index contributed by atoms with van der Waals surface area (Å²) in [5.74, 6) is -0.978. The van der Waals surface area contributed by atoms with Gasteiger partial charge in [-0.25, -0.2) is 9.59 Å². The topological polar surface area (TPSA) is 72.9 Å². The van der Waals surface area contributed by atoms with E-state index in [0.717, 1.165) is 5.69 Å². The Morgan fingerprint density at radius 1 is 1.15 bits per heavy atom. The van der Waals surface area contributed by atoms with E-state index in [2.05, 4.69) is 5.32 Å². The maximum atomic E-state index is 13.1. The van der Waals surface area contributed by atoms with Crippen LogP contribution in [0.2, 0.25) is 10.0 Å². The first-order chi connectivity index (χ1) is 13.0. The maximum absolute atomic E-state index is 13.1. The third kappa shape index (κ3) is 3.19. The number of amides is 2. The van der Waals surface area contributed by atoms with Gasteiger partial charge in [-0.05, 0) is 24.3 Å². The minimum Gasteiger partial charge on any atom is -0.480 e. The summed E-state index contributed by atoms with van der Waals surface area (Å²) in [7, 11) is 0. The fourth-order valence-corrected chi connectivity index (χ4v) is 4.39. The molecule has 2 atom stereocenters. The summed E-state index contributed by atoms with van der Waals surface area (Å²) in [5, 5.41) is 13.3. The van der Waals surface area contributed by atoms with Crippen LogP contribution in [0.25, 0.3) is 0 Å². The summed E-state index contributed by atoms with van der Waals surface area (Å²) in [6, 6.07) is 11.3. The third-order valence-electron chi connectivity index (χ3n) is 5.00. The number of carbonyl (C=O) groups is 2. The Bertz CT molecular complexity index is 907. The number of anilines is 2. The normalized spacial score (nSPS) is 21.8. The van der Waals surface area contributed by atoms with Gasteiger partial charge in [-0.2, -0.15) is 0 Å². The predicted octanol–water partition coefficient (Wildman–Crippen LogP) is 4.25. The van der Waals surface area contributed by atoms with E-state index in [0.29, 0.717) is 34.4 Å². The minimum atomic E-state index is -0.978. The van der Waals surface area contributed by atoms with Gasteiger partial charge in [0.2, 0.25) is 0 Å².